The maximum absolute atomic E-state index is 12.0. The molecule has 0 aliphatic heterocycles. The van der Waals surface area contributed by atoms with Crippen molar-refractivity contribution in [1.29, 1.82) is 0 Å². The summed E-state index contributed by atoms with van der Waals surface area (Å²) in [6.07, 6.45) is 29.6. The van der Waals surface area contributed by atoms with Crippen LogP contribution in [0, 0.1) is 0 Å². The fourth-order valence-electron chi connectivity index (χ4n) is 4.38. The smallest absolute Gasteiger partial charge is 0.379 e. The van der Waals surface area contributed by atoms with Gasteiger partial charge in [-0.15, -0.1) is 0 Å². The normalized spacial score (nSPS) is 14.7. The van der Waals surface area contributed by atoms with Crippen molar-refractivity contribution < 1.29 is 32.5 Å². The van der Waals surface area contributed by atoms with Gasteiger partial charge >= 0.3 is 7.82 Å². The number of hydrogen-bond acceptors (Lipinski definition) is 5. The number of rotatable bonds is 31. The molecule has 0 fully saturated rings. The van der Waals surface area contributed by atoms with Crippen LogP contribution in [0.1, 0.15) is 129 Å². The zero-order chi connectivity index (χ0) is 29.8. The van der Waals surface area contributed by atoms with Crippen LogP contribution in [0.25, 0.3) is 0 Å². The minimum atomic E-state index is -4.08. The predicted octanol–water partition coefficient (Wildman–Crippen LogP) is 8.85. The first-order valence-electron chi connectivity index (χ1n) is 16.4. The molecule has 0 aliphatic carbocycles. The first kappa shape index (κ1) is 39.7. The summed E-state index contributed by atoms with van der Waals surface area (Å²) in [5, 5.41) is 0. The Bertz CT molecular complexity index is 611. The highest BCUT2D eigenvalue weighted by Gasteiger charge is 2.24. The molecule has 8 heteroatoms. The van der Waals surface area contributed by atoms with E-state index in [9.17, 15) is 9.46 Å². The van der Waals surface area contributed by atoms with E-state index >= 15 is 0 Å². The van der Waals surface area contributed by atoms with Crippen LogP contribution in [-0.2, 0) is 23.1 Å². The predicted molar refractivity (Wildman–Crippen MR) is 169 cm³/mol. The zero-order valence-corrected chi connectivity index (χ0v) is 28.0. The van der Waals surface area contributed by atoms with Gasteiger partial charge in [0, 0.05) is 13.7 Å². The van der Waals surface area contributed by atoms with E-state index in [1.807, 2.05) is 21.1 Å². The highest BCUT2D eigenvalue weighted by molar-refractivity contribution is 7.47. The van der Waals surface area contributed by atoms with Gasteiger partial charge in [-0.05, 0) is 32.1 Å². The summed E-state index contributed by atoms with van der Waals surface area (Å²) in [6, 6.07) is 0. The number of likely N-dealkylation sites (N-methyl/N-ethyl adjacent to an activating group) is 1. The van der Waals surface area contributed by atoms with Gasteiger partial charge in [0.25, 0.3) is 0 Å². The van der Waals surface area contributed by atoms with Crippen molar-refractivity contribution in [3.05, 3.63) is 12.2 Å². The number of unbranched alkanes of at least 4 members (excludes halogenated alkanes) is 17. The number of phosphoric ester groups is 1. The van der Waals surface area contributed by atoms with Crippen LogP contribution in [0.15, 0.2) is 12.2 Å². The minimum Gasteiger partial charge on any atom is -0.379 e. The molecule has 0 aliphatic rings. The Hall–Kier alpha value is -0.270. The first-order chi connectivity index (χ1) is 19.2. The first-order valence-corrected chi connectivity index (χ1v) is 17.9. The molecule has 240 valence electrons. The molecular weight excluding hydrogens is 525 g/mol. The molecule has 0 amide bonds. The molecule has 0 bridgehead atoms. The lowest BCUT2D eigenvalue weighted by Gasteiger charge is -2.24. The topological polar surface area (TPSA) is 74.2 Å². The van der Waals surface area contributed by atoms with Crippen LogP contribution in [0.4, 0.5) is 0 Å². The van der Waals surface area contributed by atoms with E-state index in [4.69, 9.17) is 18.5 Å². The minimum absolute atomic E-state index is 0.0375. The van der Waals surface area contributed by atoms with Gasteiger partial charge in [0.15, 0.2) is 0 Å². The Balaban J connectivity index is 3.45. The fraction of sp³-hybridized carbons (Fsp3) is 0.938. The van der Waals surface area contributed by atoms with Crippen molar-refractivity contribution in [3.63, 3.8) is 0 Å². The third-order valence-electron chi connectivity index (χ3n) is 7.13. The lowest BCUT2D eigenvalue weighted by molar-refractivity contribution is -0.870. The Morgan fingerprint density at radius 3 is 1.62 bits per heavy atom. The van der Waals surface area contributed by atoms with Gasteiger partial charge in [-0.1, -0.05) is 109 Å². The molecular formula is C32H67NO6P+. The Labute approximate surface area is 248 Å². The quantitative estimate of drug-likeness (QED) is 0.0375. The molecule has 0 saturated carbocycles. The molecule has 7 nitrogen and oxygen atoms in total. The molecule has 0 rings (SSSR count). The maximum Gasteiger partial charge on any atom is 0.472 e. The van der Waals surface area contributed by atoms with Gasteiger partial charge in [0.05, 0.1) is 34.4 Å². The number of allylic oxidation sites excluding steroid dienone is 2. The van der Waals surface area contributed by atoms with Crippen molar-refractivity contribution >= 4 is 7.82 Å². The van der Waals surface area contributed by atoms with Gasteiger partial charge < -0.3 is 18.9 Å². The van der Waals surface area contributed by atoms with E-state index in [-0.39, 0.29) is 13.2 Å². The molecule has 0 radical (unpaired) electrons. The second-order valence-electron chi connectivity index (χ2n) is 12.2. The molecule has 1 N–H and O–H groups in total. The molecule has 2 atom stereocenters. The van der Waals surface area contributed by atoms with E-state index in [0.717, 1.165) is 6.42 Å². The molecule has 0 saturated heterocycles. The fourth-order valence-corrected chi connectivity index (χ4v) is 5.12. The van der Waals surface area contributed by atoms with Crippen LogP contribution in [0.2, 0.25) is 0 Å². The Morgan fingerprint density at radius 1 is 0.675 bits per heavy atom. The molecule has 0 heterocycles. The maximum atomic E-state index is 12.0. The van der Waals surface area contributed by atoms with Crippen molar-refractivity contribution in [2.75, 3.05) is 61.2 Å². The second-order valence-corrected chi connectivity index (χ2v) is 13.7. The summed E-state index contributed by atoms with van der Waals surface area (Å²) in [7, 11) is 3.44. The van der Waals surface area contributed by atoms with E-state index in [1.165, 1.54) is 116 Å². The number of quaternary nitrogens is 1. The molecule has 0 aromatic heterocycles. The van der Waals surface area contributed by atoms with Crippen LogP contribution < -0.4 is 0 Å². The Kier molecular flexibility index (Phi) is 27.4. The average Bonchev–Trinajstić information content (AvgIpc) is 2.90. The molecule has 40 heavy (non-hydrogen) atoms. The summed E-state index contributed by atoms with van der Waals surface area (Å²) in [6.45, 7) is 4.02. The zero-order valence-electron chi connectivity index (χ0n) is 27.1. The number of phosphoric acid groups is 1. The third-order valence-corrected chi connectivity index (χ3v) is 8.11. The Morgan fingerprint density at radius 2 is 1.15 bits per heavy atom. The van der Waals surface area contributed by atoms with Gasteiger partial charge in [-0.2, -0.15) is 0 Å². The van der Waals surface area contributed by atoms with Crippen LogP contribution in [0.5, 0.6) is 0 Å². The summed E-state index contributed by atoms with van der Waals surface area (Å²) in [5.41, 5.74) is 0. The van der Waals surface area contributed by atoms with E-state index in [2.05, 4.69) is 19.1 Å². The molecule has 0 aromatic rings. The highest BCUT2D eigenvalue weighted by atomic mass is 31.2. The SMILES string of the molecule is CCCCCCCCCC/C=C\CCCCCCCCCCCOC[C@H](COP(=O)(O)OCC[N+](C)(C)C)OC. The number of methoxy groups -OCH3 is 1. The van der Waals surface area contributed by atoms with E-state index in [1.54, 1.807) is 7.11 Å². The average molecular weight is 593 g/mol. The number of ether oxygens (including phenoxy) is 2. The summed E-state index contributed by atoms with van der Waals surface area (Å²) in [5.74, 6) is 0. The largest absolute Gasteiger partial charge is 0.472 e. The summed E-state index contributed by atoms with van der Waals surface area (Å²) >= 11 is 0. The monoisotopic (exact) mass is 592 g/mol. The van der Waals surface area contributed by atoms with Crippen LogP contribution in [-0.4, -0.2) is 76.7 Å². The second kappa shape index (κ2) is 27.6. The van der Waals surface area contributed by atoms with Gasteiger partial charge in [-0.3, -0.25) is 9.05 Å². The van der Waals surface area contributed by atoms with E-state index < -0.39 is 13.9 Å². The van der Waals surface area contributed by atoms with Gasteiger partial charge in [0.2, 0.25) is 0 Å². The number of nitrogens with zero attached hydrogens (tertiary/aromatic N) is 1. The third kappa shape index (κ3) is 30.7. The lowest BCUT2D eigenvalue weighted by Crippen LogP contribution is -2.37. The van der Waals surface area contributed by atoms with E-state index in [0.29, 0.717) is 24.2 Å². The highest BCUT2D eigenvalue weighted by Crippen LogP contribution is 2.43. The van der Waals surface area contributed by atoms with Crippen molar-refractivity contribution in [1.82, 2.24) is 0 Å². The molecule has 1 unspecified atom stereocenters. The van der Waals surface area contributed by atoms with Crippen molar-refractivity contribution in [3.8, 4) is 0 Å². The summed E-state index contributed by atoms with van der Waals surface area (Å²) < 4.78 is 33.8. The van der Waals surface area contributed by atoms with Crippen molar-refractivity contribution in [2.45, 2.75) is 135 Å². The number of hydrogen-bond donors (Lipinski definition) is 1. The lowest BCUT2D eigenvalue weighted by atomic mass is 10.1. The molecule has 0 spiro atoms. The van der Waals surface area contributed by atoms with Gasteiger partial charge in [0.1, 0.15) is 19.3 Å². The summed E-state index contributed by atoms with van der Waals surface area (Å²) in [4.78, 5) is 9.82. The van der Waals surface area contributed by atoms with Gasteiger partial charge in [-0.25, -0.2) is 4.57 Å². The van der Waals surface area contributed by atoms with Crippen LogP contribution in [0.3, 0.4) is 0 Å². The molecule has 0 aromatic carbocycles. The van der Waals surface area contributed by atoms with Crippen molar-refractivity contribution in [2.24, 2.45) is 0 Å². The van der Waals surface area contributed by atoms with Crippen LogP contribution >= 0.6 is 7.82 Å². The standard InChI is InChI=1S/C32H66NO6P/c1-6-7-8-9-10-11-12-13-14-15-16-17-18-19-20-21-22-23-24-25-26-28-37-30-32(36-5)31-39-40(34,35)38-29-27-33(2,3)4/h15-16,32H,6-14,17-31H2,1-5H3/p+1/b16-15-/t32-/m1/s1.